The summed E-state index contributed by atoms with van der Waals surface area (Å²) in [6, 6.07) is 9.99. The molecule has 0 saturated carbocycles. The van der Waals surface area contributed by atoms with Crippen molar-refractivity contribution in [2.45, 2.75) is 38.3 Å². The van der Waals surface area contributed by atoms with Gasteiger partial charge >= 0.3 is 5.97 Å². The first-order chi connectivity index (χ1) is 8.20. The van der Waals surface area contributed by atoms with Crippen LogP contribution in [0.15, 0.2) is 30.3 Å². The van der Waals surface area contributed by atoms with Crippen LogP contribution in [-0.4, -0.2) is 28.6 Å². The molecule has 2 rings (SSSR count). The fourth-order valence-corrected chi connectivity index (χ4v) is 2.61. The molecule has 0 radical (unpaired) electrons. The lowest BCUT2D eigenvalue weighted by Gasteiger charge is -2.37. The maximum absolute atomic E-state index is 11.3. The van der Waals surface area contributed by atoms with E-state index in [1.807, 2.05) is 18.2 Å². The van der Waals surface area contributed by atoms with Gasteiger partial charge in [0.25, 0.3) is 0 Å². The Labute approximate surface area is 102 Å². The number of hydrogen-bond donors (Lipinski definition) is 1. The molecule has 1 aromatic carbocycles. The van der Waals surface area contributed by atoms with Gasteiger partial charge in [0.1, 0.15) is 6.04 Å². The van der Waals surface area contributed by atoms with Crippen LogP contribution in [0.25, 0.3) is 0 Å². The average Bonchev–Trinajstić information content (AvgIpc) is 2.39. The van der Waals surface area contributed by atoms with Crippen molar-refractivity contribution >= 4 is 5.97 Å². The lowest BCUT2D eigenvalue weighted by atomic mass is 9.97. The third kappa shape index (κ3) is 2.67. The van der Waals surface area contributed by atoms with E-state index in [0.717, 1.165) is 25.8 Å². The summed E-state index contributed by atoms with van der Waals surface area (Å²) in [6.07, 6.45) is 2.89. The van der Waals surface area contributed by atoms with E-state index in [9.17, 15) is 9.90 Å². The van der Waals surface area contributed by atoms with E-state index in [0.29, 0.717) is 0 Å². The third-order valence-electron chi connectivity index (χ3n) is 3.61. The predicted octanol–water partition coefficient (Wildman–Crippen LogP) is 2.69. The van der Waals surface area contributed by atoms with Gasteiger partial charge in [-0.15, -0.1) is 0 Å². The first kappa shape index (κ1) is 12.1. The number of carboxylic acids is 1. The molecule has 3 heteroatoms. The van der Waals surface area contributed by atoms with Crippen LogP contribution >= 0.6 is 0 Å². The lowest BCUT2D eigenvalue weighted by Crippen LogP contribution is -2.45. The van der Waals surface area contributed by atoms with Gasteiger partial charge in [-0.2, -0.15) is 0 Å². The number of likely N-dealkylation sites (tertiary alicyclic amines) is 1. The highest BCUT2D eigenvalue weighted by Crippen LogP contribution is 2.28. The summed E-state index contributed by atoms with van der Waals surface area (Å²) in [7, 11) is 0. The molecule has 1 aliphatic rings. The van der Waals surface area contributed by atoms with Crippen LogP contribution in [0.5, 0.6) is 0 Å². The Balaban J connectivity index is 2.16. The Morgan fingerprint density at radius 3 is 2.71 bits per heavy atom. The normalized spacial score (nSPS) is 23.2. The van der Waals surface area contributed by atoms with Crippen molar-refractivity contribution in [2.75, 3.05) is 6.54 Å². The number of aliphatic carboxylic acids is 1. The monoisotopic (exact) mass is 233 g/mol. The average molecular weight is 233 g/mol. The fraction of sp³-hybridized carbons (Fsp3) is 0.500. The molecule has 1 N–H and O–H groups in total. The molecular weight excluding hydrogens is 214 g/mol. The molecular formula is C14H19NO2. The first-order valence-electron chi connectivity index (χ1n) is 6.23. The van der Waals surface area contributed by atoms with E-state index < -0.39 is 5.97 Å². The van der Waals surface area contributed by atoms with E-state index in [-0.39, 0.29) is 12.1 Å². The van der Waals surface area contributed by atoms with Crippen molar-refractivity contribution in [3.63, 3.8) is 0 Å². The molecule has 0 bridgehead atoms. The van der Waals surface area contributed by atoms with Crippen LogP contribution in [-0.2, 0) is 4.79 Å². The minimum atomic E-state index is -0.688. The van der Waals surface area contributed by atoms with Gasteiger partial charge in [-0.25, -0.2) is 0 Å². The maximum Gasteiger partial charge on any atom is 0.320 e. The second kappa shape index (κ2) is 5.32. The summed E-state index contributed by atoms with van der Waals surface area (Å²) in [6.45, 7) is 2.98. The van der Waals surface area contributed by atoms with Gasteiger partial charge in [-0.3, -0.25) is 9.69 Å². The molecule has 0 aromatic heterocycles. The summed E-state index contributed by atoms with van der Waals surface area (Å²) >= 11 is 0. The Morgan fingerprint density at radius 2 is 2.06 bits per heavy atom. The van der Waals surface area contributed by atoms with Crippen molar-refractivity contribution < 1.29 is 9.90 Å². The summed E-state index contributed by atoms with van der Waals surface area (Å²) in [4.78, 5) is 13.4. The second-order valence-corrected chi connectivity index (χ2v) is 4.67. The van der Waals surface area contributed by atoms with Crippen LogP contribution in [0.3, 0.4) is 0 Å². The lowest BCUT2D eigenvalue weighted by molar-refractivity contribution is -0.145. The van der Waals surface area contributed by atoms with Gasteiger partial charge < -0.3 is 5.11 Å². The van der Waals surface area contributed by atoms with Crippen molar-refractivity contribution in [1.82, 2.24) is 4.90 Å². The van der Waals surface area contributed by atoms with E-state index in [2.05, 4.69) is 24.0 Å². The molecule has 0 spiro atoms. The van der Waals surface area contributed by atoms with Gasteiger partial charge in [-0.1, -0.05) is 36.8 Å². The molecule has 1 aliphatic heterocycles. The molecule has 3 nitrogen and oxygen atoms in total. The molecule has 17 heavy (non-hydrogen) atoms. The molecule has 1 fully saturated rings. The largest absolute Gasteiger partial charge is 0.480 e. The summed E-state index contributed by atoms with van der Waals surface area (Å²) in [5.41, 5.74) is 1.20. The molecule has 1 heterocycles. The van der Waals surface area contributed by atoms with Crippen LogP contribution in [0.4, 0.5) is 0 Å². The SMILES string of the molecule is C[C@@H](c1ccccc1)N1CCCC[C@@H]1C(=O)O. The highest BCUT2D eigenvalue weighted by Gasteiger charge is 2.31. The highest BCUT2D eigenvalue weighted by molar-refractivity contribution is 5.73. The third-order valence-corrected chi connectivity index (χ3v) is 3.61. The van der Waals surface area contributed by atoms with E-state index >= 15 is 0 Å². The molecule has 0 amide bonds. The number of carboxylic acid groups (broad SMARTS) is 1. The zero-order valence-electron chi connectivity index (χ0n) is 10.2. The standard InChI is InChI=1S/C14H19NO2/c1-11(12-7-3-2-4-8-12)15-10-6-5-9-13(15)14(16)17/h2-4,7-8,11,13H,5-6,9-10H2,1H3,(H,16,17)/t11-,13+/m0/s1. The van der Waals surface area contributed by atoms with Gasteiger partial charge in [0.05, 0.1) is 0 Å². The molecule has 1 saturated heterocycles. The molecule has 2 atom stereocenters. The Bertz CT molecular complexity index is 377. The highest BCUT2D eigenvalue weighted by atomic mass is 16.4. The van der Waals surface area contributed by atoms with Crippen molar-refractivity contribution in [1.29, 1.82) is 0 Å². The van der Waals surface area contributed by atoms with Crippen molar-refractivity contribution in [3.8, 4) is 0 Å². The second-order valence-electron chi connectivity index (χ2n) is 4.67. The number of nitrogens with zero attached hydrogens (tertiary/aromatic N) is 1. The van der Waals surface area contributed by atoms with Crippen LogP contribution in [0.1, 0.15) is 37.8 Å². The van der Waals surface area contributed by atoms with E-state index in [4.69, 9.17) is 0 Å². The first-order valence-corrected chi connectivity index (χ1v) is 6.23. The van der Waals surface area contributed by atoms with Crippen molar-refractivity contribution in [2.24, 2.45) is 0 Å². The summed E-state index contributed by atoms with van der Waals surface area (Å²) < 4.78 is 0. The number of rotatable bonds is 3. The number of carbonyl (C=O) groups is 1. The molecule has 0 unspecified atom stereocenters. The van der Waals surface area contributed by atoms with Gasteiger partial charge in [0.15, 0.2) is 0 Å². The smallest absolute Gasteiger partial charge is 0.320 e. The summed E-state index contributed by atoms with van der Waals surface area (Å²) in [5.74, 6) is -0.688. The Hall–Kier alpha value is -1.35. The van der Waals surface area contributed by atoms with Gasteiger partial charge in [0, 0.05) is 6.04 Å². The zero-order chi connectivity index (χ0) is 12.3. The minimum absolute atomic E-state index is 0.178. The Morgan fingerprint density at radius 1 is 1.35 bits per heavy atom. The Kier molecular flexibility index (Phi) is 3.79. The quantitative estimate of drug-likeness (QED) is 0.872. The maximum atomic E-state index is 11.3. The van der Waals surface area contributed by atoms with Crippen LogP contribution in [0.2, 0.25) is 0 Å². The van der Waals surface area contributed by atoms with E-state index in [1.54, 1.807) is 0 Å². The van der Waals surface area contributed by atoms with Crippen LogP contribution in [0, 0.1) is 0 Å². The topological polar surface area (TPSA) is 40.5 Å². The van der Waals surface area contributed by atoms with Gasteiger partial charge in [0.2, 0.25) is 0 Å². The van der Waals surface area contributed by atoms with Gasteiger partial charge in [-0.05, 0) is 31.9 Å². The summed E-state index contributed by atoms with van der Waals surface area (Å²) in [5, 5.41) is 9.26. The number of benzene rings is 1. The number of piperidine rings is 1. The van der Waals surface area contributed by atoms with Crippen LogP contribution < -0.4 is 0 Å². The minimum Gasteiger partial charge on any atom is -0.480 e. The predicted molar refractivity (Wildman–Crippen MR) is 66.8 cm³/mol. The van der Waals surface area contributed by atoms with Crippen molar-refractivity contribution in [3.05, 3.63) is 35.9 Å². The van der Waals surface area contributed by atoms with E-state index in [1.165, 1.54) is 5.56 Å². The molecule has 92 valence electrons. The zero-order valence-corrected chi connectivity index (χ0v) is 10.2. The fourth-order valence-electron chi connectivity index (χ4n) is 2.61. The number of hydrogen-bond acceptors (Lipinski definition) is 2. The molecule has 1 aromatic rings. The molecule has 0 aliphatic carbocycles.